The Morgan fingerprint density at radius 1 is 1.21 bits per heavy atom. The molecule has 0 radical (unpaired) electrons. The van der Waals surface area contributed by atoms with E-state index < -0.39 is 0 Å². The molecule has 0 aromatic heterocycles. The standard InChI is InChI=1S/C18H24N2O3S/c21-18(14-1-2-16-17(9-14)23-12-22-16)19-10-13-3-6-20(7-4-13)15-5-8-24-11-15/h1-2,9,13,15H,3-8,10-12H2,(H,19,21). The van der Waals surface area contributed by atoms with Crippen LogP contribution in [0.2, 0.25) is 0 Å². The normalized spacial score (nSPS) is 24.2. The zero-order chi connectivity index (χ0) is 16.4. The van der Waals surface area contributed by atoms with Gasteiger partial charge in [-0.15, -0.1) is 0 Å². The quantitative estimate of drug-likeness (QED) is 0.905. The van der Waals surface area contributed by atoms with Crippen molar-refractivity contribution in [3.8, 4) is 11.5 Å². The summed E-state index contributed by atoms with van der Waals surface area (Å²) >= 11 is 2.08. The Bertz CT molecular complexity index is 596. The van der Waals surface area contributed by atoms with Gasteiger partial charge < -0.3 is 14.8 Å². The summed E-state index contributed by atoms with van der Waals surface area (Å²) in [7, 11) is 0. The number of fused-ring (bicyclic) bond motifs is 1. The molecule has 0 bridgehead atoms. The first kappa shape index (κ1) is 16.1. The highest BCUT2D eigenvalue weighted by Gasteiger charge is 2.27. The van der Waals surface area contributed by atoms with Gasteiger partial charge >= 0.3 is 0 Å². The number of amides is 1. The van der Waals surface area contributed by atoms with Crippen LogP contribution in [-0.4, -0.2) is 54.8 Å². The second-order valence-electron chi connectivity index (χ2n) is 6.77. The van der Waals surface area contributed by atoms with Crippen LogP contribution in [0.25, 0.3) is 0 Å². The fraction of sp³-hybridized carbons (Fsp3) is 0.611. The van der Waals surface area contributed by atoms with Gasteiger partial charge in [0.2, 0.25) is 6.79 Å². The number of carbonyl (C=O) groups is 1. The molecule has 1 unspecified atom stereocenters. The molecule has 1 aromatic carbocycles. The number of carbonyl (C=O) groups excluding carboxylic acids is 1. The number of thioether (sulfide) groups is 1. The monoisotopic (exact) mass is 348 g/mol. The zero-order valence-electron chi connectivity index (χ0n) is 13.8. The summed E-state index contributed by atoms with van der Waals surface area (Å²) < 4.78 is 10.6. The maximum Gasteiger partial charge on any atom is 0.251 e. The lowest BCUT2D eigenvalue weighted by molar-refractivity contribution is 0.0928. The smallest absolute Gasteiger partial charge is 0.251 e. The molecular weight excluding hydrogens is 324 g/mol. The van der Waals surface area contributed by atoms with Crippen molar-refractivity contribution in [3.63, 3.8) is 0 Å². The number of nitrogens with one attached hydrogen (secondary N) is 1. The van der Waals surface area contributed by atoms with Crippen molar-refractivity contribution in [3.05, 3.63) is 23.8 Å². The van der Waals surface area contributed by atoms with Crippen molar-refractivity contribution in [2.24, 2.45) is 5.92 Å². The third-order valence-electron chi connectivity index (χ3n) is 5.26. The van der Waals surface area contributed by atoms with E-state index in [1.807, 2.05) is 0 Å². The second kappa shape index (κ2) is 7.23. The Hall–Kier alpha value is -1.40. The Morgan fingerprint density at radius 3 is 2.83 bits per heavy atom. The Labute approximate surface area is 147 Å². The van der Waals surface area contributed by atoms with Crippen LogP contribution in [0.3, 0.4) is 0 Å². The number of rotatable bonds is 4. The molecule has 3 heterocycles. The predicted molar refractivity (Wildman–Crippen MR) is 94.9 cm³/mol. The summed E-state index contributed by atoms with van der Waals surface area (Å²) in [5.74, 6) is 4.55. The van der Waals surface area contributed by atoms with Crippen molar-refractivity contribution < 1.29 is 14.3 Å². The molecule has 130 valence electrons. The largest absolute Gasteiger partial charge is 0.454 e. The highest BCUT2D eigenvalue weighted by atomic mass is 32.2. The minimum absolute atomic E-state index is 0.0251. The van der Waals surface area contributed by atoms with Crippen LogP contribution in [0.1, 0.15) is 29.6 Å². The first-order valence-electron chi connectivity index (χ1n) is 8.79. The molecule has 6 heteroatoms. The average Bonchev–Trinajstić information content (AvgIpc) is 3.30. The lowest BCUT2D eigenvalue weighted by Gasteiger charge is -2.35. The summed E-state index contributed by atoms with van der Waals surface area (Å²) in [5.41, 5.74) is 0.639. The van der Waals surface area contributed by atoms with Crippen LogP contribution in [0, 0.1) is 5.92 Å². The summed E-state index contributed by atoms with van der Waals surface area (Å²) in [6, 6.07) is 6.15. The van der Waals surface area contributed by atoms with E-state index in [2.05, 4.69) is 22.0 Å². The number of likely N-dealkylation sites (tertiary alicyclic amines) is 1. The van der Waals surface area contributed by atoms with Crippen LogP contribution < -0.4 is 14.8 Å². The molecule has 5 nitrogen and oxygen atoms in total. The molecule has 1 N–H and O–H groups in total. The average molecular weight is 348 g/mol. The molecule has 1 aromatic rings. The van der Waals surface area contributed by atoms with E-state index in [4.69, 9.17) is 9.47 Å². The highest BCUT2D eigenvalue weighted by Crippen LogP contribution is 2.32. The Morgan fingerprint density at radius 2 is 2.04 bits per heavy atom. The molecule has 3 aliphatic heterocycles. The van der Waals surface area contributed by atoms with Gasteiger partial charge in [-0.2, -0.15) is 11.8 Å². The minimum Gasteiger partial charge on any atom is -0.454 e. The maximum absolute atomic E-state index is 12.3. The fourth-order valence-corrected chi connectivity index (χ4v) is 4.96. The number of piperidine rings is 1. The summed E-state index contributed by atoms with van der Waals surface area (Å²) in [5, 5.41) is 3.09. The van der Waals surface area contributed by atoms with Gasteiger partial charge in [-0.1, -0.05) is 0 Å². The maximum atomic E-state index is 12.3. The van der Waals surface area contributed by atoms with Crippen LogP contribution in [0.4, 0.5) is 0 Å². The van der Waals surface area contributed by atoms with Crippen molar-refractivity contribution in [1.82, 2.24) is 10.2 Å². The van der Waals surface area contributed by atoms with Gasteiger partial charge in [0.25, 0.3) is 5.91 Å². The molecule has 0 spiro atoms. The molecular formula is C18H24N2O3S. The van der Waals surface area contributed by atoms with Crippen molar-refractivity contribution >= 4 is 17.7 Å². The number of benzene rings is 1. The van der Waals surface area contributed by atoms with Gasteiger partial charge in [-0.3, -0.25) is 9.69 Å². The second-order valence-corrected chi connectivity index (χ2v) is 7.92. The topological polar surface area (TPSA) is 50.8 Å². The van der Waals surface area contributed by atoms with Gasteiger partial charge in [0.05, 0.1) is 0 Å². The van der Waals surface area contributed by atoms with Crippen molar-refractivity contribution in [2.45, 2.75) is 25.3 Å². The fourth-order valence-electron chi connectivity index (χ4n) is 3.71. The molecule has 0 saturated carbocycles. The van der Waals surface area contributed by atoms with Crippen LogP contribution in [0.5, 0.6) is 11.5 Å². The molecule has 1 amide bonds. The Kier molecular flexibility index (Phi) is 4.85. The van der Waals surface area contributed by atoms with E-state index in [1.54, 1.807) is 18.2 Å². The number of nitrogens with zero attached hydrogens (tertiary/aromatic N) is 1. The lowest BCUT2D eigenvalue weighted by Crippen LogP contribution is -2.43. The molecule has 4 rings (SSSR count). The van der Waals surface area contributed by atoms with Crippen LogP contribution >= 0.6 is 11.8 Å². The number of hydrogen-bond donors (Lipinski definition) is 1. The lowest BCUT2D eigenvalue weighted by atomic mass is 9.95. The highest BCUT2D eigenvalue weighted by molar-refractivity contribution is 7.99. The van der Waals surface area contributed by atoms with E-state index in [0.717, 1.165) is 12.6 Å². The van der Waals surface area contributed by atoms with Crippen molar-refractivity contribution in [2.75, 3.05) is 37.9 Å². The summed E-state index contributed by atoms with van der Waals surface area (Å²) in [6.45, 7) is 3.35. The van der Waals surface area contributed by atoms with E-state index in [-0.39, 0.29) is 12.7 Å². The zero-order valence-corrected chi connectivity index (χ0v) is 14.6. The van der Waals surface area contributed by atoms with E-state index in [1.165, 1.54) is 43.9 Å². The number of hydrogen-bond acceptors (Lipinski definition) is 5. The van der Waals surface area contributed by atoms with Gasteiger partial charge in [0, 0.05) is 23.9 Å². The molecule has 0 aliphatic carbocycles. The SMILES string of the molecule is O=C(NCC1CCN(C2CCSC2)CC1)c1ccc2c(c1)OCO2. The molecule has 1 atom stereocenters. The third-order valence-corrected chi connectivity index (χ3v) is 6.40. The Balaban J connectivity index is 1.24. The summed E-state index contributed by atoms with van der Waals surface area (Å²) in [6.07, 6.45) is 3.71. The van der Waals surface area contributed by atoms with Gasteiger partial charge in [-0.05, 0) is 62.2 Å². The first-order chi connectivity index (χ1) is 11.8. The first-order valence-corrected chi connectivity index (χ1v) is 9.95. The summed E-state index contributed by atoms with van der Waals surface area (Å²) in [4.78, 5) is 15.0. The third kappa shape index (κ3) is 3.49. The minimum atomic E-state index is -0.0251. The van der Waals surface area contributed by atoms with Gasteiger partial charge in [-0.25, -0.2) is 0 Å². The number of ether oxygens (including phenoxy) is 2. The van der Waals surface area contributed by atoms with Gasteiger partial charge in [0.15, 0.2) is 11.5 Å². The van der Waals surface area contributed by atoms with E-state index >= 15 is 0 Å². The predicted octanol–water partition coefficient (Wildman–Crippen LogP) is 2.36. The molecule has 3 aliphatic rings. The van der Waals surface area contributed by atoms with E-state index in [0.29, 0.717) is 23.0 Å². The molecule has 2 fully saturated rings. The van der Waals surface area contributed by atoms with Crippen LogP contribution in [-0.2, 0) is 0 Å². The molecule has 2 saturated heterocycles. The molecule has 24 heavy (non-hydrogen) atoms. The van der Waals surface area contributed by atoms with E-state index in [9.17, 15) is 4.79 Å². The van der Waals surface area contributed by atoms with Crippen LogP contribution in [0.15, 0.2) is 18.2 Å². The van der Waals surface area contributed by atoms with Gasteiger partial charge in [0.1, 0.15) is 0 Å². The van der Waals surface area contributed by atoms with Crippen molar-refractivity contribution in [1.29, 1.82) is 0 Å².